The van der Waals surface area contributed by atoms with Gasteiger partial charge in [-0.3, -0.25) is 0 Å². The van der Waals surface area contributed by atoms with Crippen molar-refractivity contribution in [3.8, 4) is 0 Å². The van der Waals surface area contributed by atoms with E-state index in [-0.39, 0.29) is 0 Å². The molecule has 1 N–H and O–H groups in total. The number of pyridine rings is 1. The van der Waals surface area contributed by atoms with E-state index in [0.29, 0.717) is 11.1 Å². The number of rotatable bonds is 6. The standard InChI is InChI=1S/C12H19BrClN3/c1-4-9(2)17(3)6-5-15-12-11(13)7-10(14)8-16-12/h7-9H,4-6H2,1-3H3,(H,15,16). The summed E-state index contributed by atoms with van der Waals surface area (Å²) >= 11 is 9.27. The second-order valence-corrected chi connectivity index (χ2v) is 5.44. The summed E-state index contributed by atoms with van der Waals surface area (Å²) in [6, 6.07) is 2.45. The summed E-state index contributed by atoms with van der Waals surface area (Å²) in [4.78, 5) is 6.56. The molecule has 0 saturated carbocycles. The molecule has 1 unspecified atom stereocenters. The number of nitrogens with zero attached hydrogens (tertiary/aromatic N) is 2. The summed E-state index contributed by atoms with van der Waals surface area (Å²) < 4.78 is 0.899. The van der Waals surface area contributed by atoms with Crippen LogP contribution in [0.4, 0.5) is 5.82 Å². The lowest BCUT2D eigenvalue weighted by molar-refractivity contribution is 0.261. The third kappa shape index (κ3) is 4.82. The maximum absolute atomic E-state index is 5.83. The Morgan fingerprint density at radius 3 is 2.88 bits per heavy atom. The lowest BCUT2D eigenvalue weighted by atomic mass is 10.2. The van der Waals surface area contributed by atoms with E-state index in [1.54, 1.807) is 6.20 Å². The highest BCUT2D eigenvalue weighted by Crippen LogP contribution is 2.22. The maximum atomic E-state index is 5.83. The lowest BCUT2D eigenvalue weighted by Gasteiger charge is -2.23. The van der Waals surface area contributed by atoms with E-state index in [0.717, 1.165) is 23.4 Å². The number of nitrogens with one attached hydrogen (secondary N) is 1. The van der Waals surface area contributed by atoms with Gasteiger partial charge in [0, 0.05) is 25.3 Å². The molecule has 0 saturated heterocycles. The van der Waals surface area contributed by atoms with Gasteiger partial charge in [-0.2, -0.15) is 0 Å². The average molecular weight is 321 g/mol. The Kier molecular flexibility index (Phi) is 6.23. The predicted octanol–water partition coefficient (Wildman–Crippen LogP) is 3.64. The zero-order valence-corrected chi connectivity index (χ0v) is 12.8. The minimum atomic E-state index is 0.610. The molecule has 0 fully saturated rings. The Morgan fingerprint density at radius 1 is 1.59 bits per heavy atom. The van der Waals surface area contributed by atoms with Gasteiger partial charge in [-0.05, 0) is 42.4 Å². The number of halogens is 2. The van der Waals surface area contributed by atoms with Crippen molar-refractivity contribution in [3.05, 3.63) is 21.8 Å². The second kappa shape index (κ2) is 7.19. The van der Waals surface area contributed by atoms with Crippen LogP contribution in [0.3, 0.4) is 0 Å². The van der Waals surface area contributed by atoms with Crippen molar-refractivity contribution in [1.82, 2.24) is 9.88 Å². The van der Waals surface area contributed by atoms with Gasteiger partial charge >= 0.3 is 0 Å². The van der Waals surface area contributed by atoms with Crippen LogP contribution in [0.15, 0.2) is 16.7 Å². The monoisotopic (exact) mass is 319 g/mol. The predicted molar refractivity (Wildman–Crippen MR) is 77.8 cm³/mol. The van der Waals surface area contributed by atoms with Crippen molar-refractivity contribution >= 4 is 33.3 Å². The number of likely N-dealkylation sites (N-methyl/N-ethyl adjacent to an activating group) is 1. The van der Waals surface area contributed by atoms with Gasteiger partial charge in [0.05, 0.1) is 9.50 Å². The molecule has 1 aromatic rings. The summed E-state index contributed by atoms with van der Waals surface area (Å²) in [6.07, 6.45) is 2.81. The SMILES string of the molecule is CCC(C)N(C)CCNc1ncc(Cl)cc1Br. The smallest absolute Gasteiger partial charge is 0.140 e. The molecule has 0 aliphatic carbocycles. The molecule has 0 spiro atoms. The first kappa shape index (κ1) is 14.7. The fourth-order valence-electron chi connectivity index (χ4n) is 1.43. The Morgan fingerprint density at radius 2 is 2.29 bits per heavy atom. The van der Waals surface area contributed by atoms with Gasteiger partial charge < -0.3 is 10.2 Å². The zero-order chi connectivity index (χ0) is 12.8. The summed E-state index contributed by atoms with van der Waals surface area (Å²) in [5.41, 5.74) is 0. The average Bonchev–Trinajstić information content (AvgIpc) is 2.30. The quantitative estimate of drug-likeness (QED) is 0.867. The molecule has 0 radical (unpaired) electrons. The van der Waals surface area contributed by atoms with Crippen molar-refractivity contribution in [2.75, 3.05) is 25.5 Å². The summed E-state index contributed by atoms with van der Waals surface area (Å²) in [6.45, 7) is 6.29. The molecule has 1 atom stereocenters. The van der Waals surface area contributed by atoms with Gasteiger partial charge in [-0.15, -0.1) is 0 Å². The second-order valence-electron chi connectivity index (χ2n) is 4.15. The maximum Gasteiger partial charge on any atom is 0.140 e. The largest absolute Gasteiger partial charge is 0.368 e. The molecule has 0 aromatic carbocycles. The fraction of sp³-hybridized carbons (Fsp3) is 0.583. The highest BCUT2D eigenvalue weighted by molar-refractivity contribution is 9.10. The first-order valence-electron chi connectivity index (χ1n) is 5.79. The molecule has 0 amide bonds. The van der Waals surface area contributed by atoms with Crippen LogP contribution >= 0.6 is 27.5 Å². The van der Waals surface area contributed by atoms with Gasteiger partial charge in [-0.25, -0.2) is 4.98 Å². The van der Waals surface area contributed by atoms with Gasteiger partial charge in [0.15, 0.2) is 0 Å². The first-order chi connectivity index (χ1) is 8.04. The molecule has 0 aliphatic rings. The fourth-order valence-corrected chi connectivity index (χ4v) is 2.21. The molecule has 96 valence electrons. The number of aromatic nitrogens is 1. The van der Waals surface area contributed by atoms with Crippen molar-refractivity contribution in [3.63, 3.8) is 0 Å². The third-order valence-electron chi connectivity index (χ3n) is 2.91. The van der Waals surface area contributed by atoms with Gasteiger partial charge in [-0.1, -0.05) is 18.5 Å². The van der Waals surface area contributed by atoms with Crippen molar-refractivity contribution < 1.29 is 0 Å². The van der Waals surface area contributed by atoms with E-state index in [9.17, 15) is 0 Å². The molecule has 1 aromatic heterocycles. The highest BCUT2D eigenvalue weighted by atomic mass is 79.9. The minimum Gasteiger partial charge on any atom is -0.368 e. The first-order valence-corrected chi connectivity index (χ1v) is 6.96. The van der Waals surface area contributed by atoms with Gasteiger partial charge in [0.2, 0.25) is 0 Å². The van der Waals surface area contributed by atoms with E-state index in [4.69, 9.17) is 11.6 Å². The van der Waals surface area contributed by atoms with Crippen LogP contribution in [-0.4, -0.2) is 36.1 Å². The molecule has 3 nitrogen and oxygen atoms in total. The summed E-state index contributed by atoms with van der Waals surface area (Å²) in [7, 11) is 2.14. The van der Waals surface area contributed by atoms with E-state index < -0.39 is 0 Å². The van der Waals surface area contributed by atoms with Crippen LogP contribution in [0.1, 0.15) is 20.3 Å². The molecule has 0 bridgehead atoms. The van der Waals surface area contributed by atoms with Gasteiger partial charge in [0.1, 0.15) is 5.82 Å². The van der Waals surface area contributed by atoms with E-state index >= 15 is 0 Å². The van der Waals surface area contributed by atoms with Crippen molar-refractivity contribution in [2.24, 2.45) is 0 Å². The Bertz CT molecular complexity index is 360. The van der Waals surface area contributed by atoms with Crippen LogP contribution in [-0.2, 0) is 0 Å². The summed E-state index contributed by atoms with van der Waals surface area (Å²) in [5.74, 6) is 0.840. The van der Waals surface area contributed by atoms with E-state index in [1.165, 1.54) is 6.42 Å². The van der Waals surface area contributed by atoms with Crippen LogP contribution in [0, 0.1) is 0 Å². The molecule has 1 heterocycles. The third-order valence-corrected chi connectivity index (χ3v) is 3.72. The van der Waals surface area contributed by atoms with E-state index in [1.807, 2.05) is 6.07 Å². The Labute approximate surface area is 117 Å². The normalized spacial score (nSPS) is 12.8. The van der Waals surface area contributed by atoms with Gasteiger partial charge in [0.25, 0.3) is 0 Å². The number of hydrogen-bond acceptors (Lipinski definition) is 3. The topological polar surface area (TPSA) is 28.2 Å². The number of anilines is 1. The summed E-state index contributed by atoms with van der Waals surface area (Å²) in [5, 5.41) is 3.93. The molecule has 17 heavy (non-hydrogen) atoms. The molecule has 0 aliphatic heterocycles. The molecule has 1 rings (SSSR count). The molecule has 5 heteroatoms. The van der Waals surface area contributed by atoms with Crippen LogP contribution in [0.2, 0.25) is 5.02 Å². The lowest BCUT2D eigenvalue weighted by Crippen LogP contribution is -2.32. The minimum absolute atomic E-state index is 0.610. The van der Waals surface area contributed by atoms with Crippen molar-refractivity contribution in [2.45, 2.75) is 26.3 Å². The van der Waals surface area contributed by atoms with Crippen LogP contribution in [0.5, 0.6) is 0 Å². The molecular weight excluding hydrogens is 302 g/mol. The Balaban J connectivity index is 2.40. The van der Waals surface area contributed by atoms with E-state index in [2.05, 4.69) is 52.0 Å². The highest BCUT2D eigenvalue weighted by Gasteiger charge is 2.06. The van der Waals surface area contributed by atoms with Crippen LogP contribution < -0.4 is 5.32 Å². The van der Waals surface area contributed by atoms with Crippen molar-refractivity contribution in [1.29, 1.82) is 0 Å². The molecular formula is C12H19BrClN3. The Hall–Kier alpha value is -0.320. The van der Waals surface area contributed by atoms with Crippen LogP contribution in [0.25, 0.3) is 0 Å². The zero-order valence-electron chi connectivity index (χ0n) is 10.5. The number of hydrogen-bond donors (Lipinski definition) is 1.